The van der Waals surface area contributed by atoms with Crippen LogP contribution in [0.1, 0.15) is 25.7 Å². The summed E-state index contributed by atoms with van der Waals surface area (Å²) in [5, 5.41) is 3.25. The van der Waals surface area contributed by atoms with Crippen molar-refractivity contribution >= 4 is 11.8 Å². The molecule has 0 aromatic rings. The molecule has 0 bridgehead atoms. The number of amides is 2. The first-order valence-corrected chi connectivity index (χ1v) is 6.37. The molecule has 2 N–H and O–H groups in total. The van der Waals surface area contributed by atoms with Crippen LogP contribution in [0.3, 0.4) is 0 Å². The highest BCUT2D eigenvalue weighted by molar-refractivity contribution is 5.87. The highest BCUT2D eigenvalue weighted by Crippen LogP contribution is 2.30. The summed E-state index contributed by atoms with van der Waals surface area (Å²) < 4.78 is 0. The third-order valence-electron chi connectivity index (χ3n) is 3.11. The van der Waals surface area contributed by atoms with Gasteiger partial charge in [-0.25, -0.2) is 10.0 Å². The first kappa shape index (κ1) is 14.9. The maximum Gasteiger partial charge on any atom is 0.238 e. The van der Waals surface area contributed by atoms with Crippen LogP contribution in [0.4, 0.5) is 0 Å². The van der Waals surface area contributed by atoms with Crippen LogP contribution < -0.4 is 10.9 Å². The largest absolute Gasteiger partial charge is 0.289 e. The molecule has 0 unspecified atom stereocenters. The zero-order chi connectivity index (χ0) is 13.7. The van der Waals surface area contributed by atoms with E-state index in [2.05, 4.69) is 10.9 Å². The second kappa shape index (κ2) is 6.70. The van der Waals surface area contributed by atoms with Crippen molar-refractivity contribution in [3.63, 3.8) is 0 Å². The molecule has 6 heteroatoms. The molecule has 2 atom stereocenters. The third-order valence-corrected chi connectivity index (χ3v) is 3.11. The van der Waals surface area contributed by atoms with Gasteiger partial charge in [-0.15, -0.1) is 0 Å². The molecule has 0 spiro atoms. The van der Waals surface area contributed by atoms with Crippen molar-refractivity contribution in [1.29, 1.82) is 0 Å². The fraction of sp³-hybridized carbons (Fsp3) is 0.833. The van der Waals surface area contributed by atoms with Gasteiger partial charge < -0.3 is 0 Å². The van der Waals surface area contributed by atoms with Crippen molar-refractivity contribution < 1.29 is 9.59 Å². The van der Waals surface area contributed by atoms with Gasteiger partial charge >= 0.3 is 0 Å². The van der Waals surface area contributed by atoms with Crippen LogP contribution in [0.5, 0.6) is 0 Å². The Balaban J connectivity index is 2.67. The number of hydrogen-bond donors (Lipinski definition) is 2. The summed E-state index contributed by atoms with van der Waals surface area (Å²) in [5.74, 6) is -0.556. The van der Waals surface area contributed by atoms with Crippen LogP contribution in [0, 0.1) is 11.8 Å². The van der Waals surface area contributed by atoms with Crippen LogP contribution >= 0.6 is 0 Å². The maximum absolute atomic E-state index is 12.1. The second-order valence-corrected chi connectivity index (χ2v) is 5.24. The summed E-state index contributed by atoms with van der Waals surface area (Å²) >= 11 is 0. The summed E-state index contributed by atoms with van der Waals surface area (Å²) in [6.07, 6.45) is 3.59. The molecule has 18 heavy (non-hydrogen) atoms. The van der Waals surface area contributed by atoms with E-state index in [1.54, 1.807) is 38.2 Å². The van der Waals surface area contributed by atoms with E-state index in [0.29, 0.717) is 0 Å². The van der Waals surface area contributed by atoms with Gasteiger partial charge in [0.25, 0.3) is 0 Å². The van der Waals surface area contributed by atoms with E-state index in [1.165, 1.54) is 0 Å². The molecule has 0 radical (unpaired) electrons. The Kier molecular flexibility index (Phi) is 5.55. The van der Waals surface area contributed by atoms with Crippen LogP contribution in [0.2, 0.25) is 0 Å². The van der Waals surface area contributed by atoms with Crippen molar-refractivity contribution in [2.75, 3.05) is 28.2 Å². The Bertz CT molecular complexity index is 274. The van der Waals surface area contributed by atoms with Crippen molar-refractivity contribution in [3.05, 3.63) is 0 Å². The molecule has 0 saturated heterocycles. The normalized spacial score (nSPS) is 24.1. The molecule has 1 aliphatic carbocycles. The SMILES string of the molecule is CN(C)NC(=O)[C@H]1CCCC[C@H]1C(=O)NN(C)C. The standard InChI is InChI=1S/C12H24N4O2/c1-15(2)13-11(17)9-7-5-6-8-10(9)12(18)14-16(3)4/h9-10H,5-8H2,1-4H3,(H,13,17)(H,14,18)/t9-,10+. The van der Waals surface area contributed by atoms with Crippen molar-refractivity contribution in [1.82, 2.24) is 20.9 Å². The smallest absolute Gasteiger partial charge is 0.238 e. The Morgan fingerprint density at radius 3 is 1.44 bits per heavy atom. The van der Waals surface area contributed by atoms with E-state index in [9.17, 15) is 9.59 Å². The minimum absolute atomic E-state index is 0.0568. The van der Waals surface area contributed by atoms with Crippen molar-refractivity contribution in [3.8, 4) is 0 Å². The predicted molar refractivity (Wildman–Crippen MR) is 69.1 cm³/mol. The molecule has 1 rings (SSSR count). The Labute approximate surface area is 109 Å². The topological polar surface area (TPSA) is 64.7 Å². The Hall–Kier alpha value is -1.14. The molecule has 0 aromatic heterocycles. The van der Waals surface area contributed by atoms with Gasteiger partial charge in [0.05, 0.1) is 11.8 Å². The average molecular weight is 256 g/mol. The van der Waals surface area contributed by atoms with Gasteiger partial charge in [0, 0.05) is 28.2 Å². The van der Waals surface area contributed by atoms with Crippen LogP contribution in [-0.4, -0.2) is 50.0 Å². The molecule has 2 amide bonds. The molecule has 0 aromatic carbocycles. The minimum Gasteiger partial charge on any atom is -0.289 e. The molecule has 1 aliphatic rings. The zero-order valence-electron chi connectivity index (χ0n) is 11.7. The first-order valence-electron chi connectivity index (χ1n) is 6.37. The zero-order valence-corrected chi connectivity index (χ0v) is 11.7. The summed E-state index contributed by atoms with van der Waals surface area (Å²) in [6, 6.07) is 0. The minimum atomic E-state index is -0.221. The van der Waals surface area contributed by atoms with Gasteiger partial charge in [-0.05, 0) is 12.8 Å². The van der Waals surface area contributed by atoms with E-state index in [1.807, 2.05) is 0 Å². The van der Waals surface area contributed by atoms with E-state index < -0.39 is 0 Å². The summed E-state index contributed by atoms with van der Waals surface area (Å²) in [4.78, 5) is 24.1. The number of hydrazine groups is 2. The molecule has 1 fully saturated rings. The molecule has 104 valence electrons. The van der Waals surface area contributed by atoms with Gasteiger partial charge in [-0.2, -0.15) is 0 Å². The monoisotopic (exact) mass is 256 g/mol. The lowest BCUT2D eigenvalue weighted by Crippen LogP contribution is -2.49. The summed E-state index contributed by atoms with van der Waals surface area (Å²) in [5.41, 5.74) is 5.50. The average Bonchev–Trinajstić information content (AvgIpc) is 2.27. The Morgan fingerprint density at radius 1 is 0.833 bits per heavy atom. The van der Waals surface area contributed by atoms with Gasteiger partial charge in [-0.3, -0.25) is 20.4 Å². The highest BCUT2D eigenvalue weighted by Gasteiger charge is 2.36. The molecule has 0 aliphatic heterocycles. The van der Waals surface area contributed by atoms with E-state index in [4.69, 9.17) is 0 Å². The van der Waals surface area contributed by atoms with Gasteiger partial charge in [-0.1, -0.05) is 12.8 Å². The van der Waals surface area contributed by atoms with E-state index >= 15 is 0 Å². The van der Waals surface area contributed by atoms with Crippen LogP contribution in [0.15, 0.2) is 0 Å². The molecule has 6 nitrogen and oxygen atoms in total. The second-order valence-electron chi connectivity index (χ2n) is 5.24. The molecular weight excluding hydrogens is 232 g/mol. The lowest BCUT2D eigenvalue weighted by molar-refractivity contribution is -0.140. The number of nitrogens with zero attached hydrogens (tertiary/aromatic N) is 2. The maximum atomic E-state index is 12.1. The summed E-state index contributed by atoms with van der Waals surface area (Å²) in [6.45, 7) is 0. The lowest BCUT2D eigenvalue weighted by atomic mass is 9.78. The van der Waals surface area contributed by atoms with E-state index in [0.717, 1.165) is 25.7 Å². The lowest BCUT2D eigenvalue weighted by Gasteiger charge is -2.31. The van der Waals surface area contributed by atoms with Gasteiger partial charge in [0.1, 0.15) is 0 Å². The number of hydrogen-bond acceptors (Lipinski definition) is 4. The van der Waals surface area contributed by atoms with Crippen molar-refractivity contribution in [2.45, 2.75) is 25.7 Å². The third kappa shape index (κ3) is 4.27. The van der Waals surface area contributed by atoms with Crippen LogP contribution in [0.25, 0.3) is 0 Å². The fourth-order valence-electron chi connectivity index (χ4n) is 2.37. The highest BCUT2D eigenvalue weighted by atomic mass is 16.2. The molecule has 1 saturated carbocycles. The fourth-order valence-corrected chi connectivity index (χ4v) is 2.37. The van der Waals surface area contributed by atoms with Gasteiger partial charge in [0.2, 0.25) is 11.8 Å². The number of nitrogens with one attached hydrogen (secondary N) is 2. The quantitative estimate of drug-likeness (QED) is 0.694. The number of carbonyl (C=O) groups is 2. The van der Waals surface area contributed by atoms with E-state index in [-0.39, 0.29) is 23.7 Å². The number of carbonyl (C=O) groups excluding carboxylic acids is 2. The predicted octanol–water partition coefficient (Wildman–Crippen LogP) is -0.0216. The Morgan fingerprint density at radius 2 is 1.17 bits per heavy atom. The summed E-state index contributed by atoms with van der Waals surface area (Å²) in [7, 11) is 7.09. The molecular formula is C12H24N4O2. The van der Waals surface area contributed by atoms with Crippen molar-refractivity contribution in [2.24, 2.45) is 11.8 Å². The van der Waals surface area contributed by atoms with Gasteiger partial charge in [0.15, 0.2) is 0 Å². The molecule has 0 heterocycles. The van der Waals surface area contributed by atoms with Crippen LogP contribution in [-0.2, 0) is 9.59 Å². The number of rotatable bonds is 4. The first-order chi connectivity index (χ1) is 8.41.